The molecule has 2 rings (SSSR count). The van der Waals surface area contributed by atoms with Gasteiger partial charge in [-0.1, -0.05) is 6.07 Å². The lowest BCUT2D eigenvalue weighted by molar-refractivity contribution is 0.104. The number of rotatable bonds is 4. The Bertz CT molecular complexity index is 424. The molecule has 1 aliphatic rings. The van der Waals surface area contributed by atoms with Gasteiger partial charge in [0.2, 0.25) is 0 Å². The second-order valence-corrected chi connectivity index (χ2v) is 4.50. The van der Waals surface area contributed by atoms with Crippen molar-refractivity contribution in [2.45, 2.75) is 12.7 Å². The Hall–Kier alpha value is -1.27. The summed E-state index contributed by atoms with van der Waals surface area (Å²) in [6.45, 7) is 0.754. The van der Waals surface area contributed by atoms with Crippen molar-refractivity contribution < 1.29 is 19.4 Å². The van der Waals surface area contributed by atoms with Crippen LogP contribution in [0.15, 0.2) is 22.7 Å². The molecular weight excluding hydrogens is 290 g/mol. The van der Waals surface area contributed by atoms with E-state index >= 15 is 0 Å². The van der Waals surface area contributed by atoms with Gasteiger partial charge in [-0.2, -0.15) is 0 Å². The smallest absolute Gasteiger partial charge is 0.407 e. The summed E-state index contributed by atoms with van der Waals surface area (Å²) in [6.07, 6.45) is -0.666. The Kier molecular flexibility index (Phi) is 3.86. The minimum Gasteiger partial charge on any atom is -0.488 e. The van der Waals surface area contributed by atoms with E-state index in [0.29, 0.717) is 18.9 Å². The molecule has 0 aliphatic carbocycles. The summed E-state index contributed by atoms with van der Waals surface area (Å²) in [7, 11) is 0. The van der Waals surface area contributed by atoms with Gasteiger partial charge in [0.25, 0.3) is 0 Å². The number of halogens is 1. The average molecular weight is 302 g/mol. The first-order valence-electron chi connectivity index (χ1n) is 5.15. The van der Waals surface area contributed by atoms with E-state index in [9.17, 15) is 4.79 Å². The molecule has 1 aromatic carbocycles. The van der Waals surface area contributed by atoms with E-state index in [2.05, 4.69) is 21.2 Å². The van der Waals surface area contributed by atoms with Crippen LogP contribution in [0.5, 0.6) is 5.75 Å². The quantitative estimate of drug-likeness (QED) is 0.883. The maximum absolute atomic E-state index is 10.8. The number of cyclic esters (lactones) is 1. The molecule has 1 fully saturated rings. The molecular formula is C11H12BrNO4. The molecule has 0 saturated carbocycles. The number of amides is 1. The minimum atomic E-state index is -0.409. The van der Waals surface area contributed by atoms with Gasteiger partial charge in [0, 0.05) is 0 Å². The Balaban J connectivity index is 1.92. The van der Waals surface area contributed by atoms with E-state index in [1.165, 1.54) is 0 Å². The van der Waals surface area contributed by atoms with E-state index in [-0.39, 0.29) is 12.7 Å². The zero-order valence-electron chi connectivity index (χ0n) is 8.98. The maximum atomic E-state index is 10.8. The summed E-state index contributed by atoms with van der Waals surface area (Å²) in [5.74, 6) is 0.658. The van der Waals surface area contributed by atoms with Gasteiger partial charge in [-0.05, 0) is 33.6 Å². The van der Waals surface area contributed by atoms with Crippen LogP contribution in [-0.4, -0.2) is 30.5 Å². The molecule has 1 atom stereocenters. The lowest BCUT2D eigenvalue weighted by Gasteiger charge is -2.12. The molecule has 0 aromatic heterocycles. The summed E-state index contributed by atoms with van der Waals surface area (Å²) < 4.78 is 11.2. The topological polar surface area (TPSA) is 67.8 Å². The molecule has 0 spiro atoms. The lowest BCUT2D eigenvalue weighted by atomic mass is 10.2. The van der Waals surface area contributed by atoms with Gasteiger partial charge in [0.1, 0.15) is 12.4 Å². The molecule has 1 aliphatic heterocycles. The van der Waals surface area contributed by atoms with Crippen molar-refractivity contribution in [3.05, 3.63) is 28.2 Å². The second kappa shape index (κ2) is 5.37. The highest BCUT2D eigenvalue weighted by atomic mass is 79.9. The molecule has 6 heteroatoms. The third kappa shape index (κ3) is 3.10. The molecule has 1 aromatic rings. The summed E-state index contributed by atoms with van der Waals surface area (Å²) >= 11 is 3.35. The first-order chi connectivity index (χ1) is 8.19. The summed E-state index contributed by atoms with van der Waals surface area (Å²) in [4.78, 5) is 10.8. The van der Waals surface area contributed by atoms with Crippen LogP contribution >= 0.6 is 15.9 Å². The van der Waals surface area contributed by atoms with Gasteiger partial charge in [-0.3, -0.25) is 0 Å². The van der Waals surface area contributed by atoms with Crippen LogP contribution in [0.3, 0.4) is 0 Å². The number of hydrogen-bond donors (Lipinski definition) is 2. The van der Waals surface area contributed by atoms with Gasteiger partial charge < -0.3 is 19.9 Å². The number of carbonyl (C=O) groups excluding carboxylic acids is 1. The van der Waals surface area contributed by atoms with E-state index in [1.807, 2.05) is 0 Å². The van der Waals surface area contributed by atoms with E-state index in [1.54, 1.807) is 18.2 Å². The fraction of sp³-hybridized carbons (Fsp3) is 0.364. The molecule has 2 N–H and O–H groups in total. The third-order valence-electron chi connectivity index (χ3n) is 2.35. The fourth-order valence-electron chi connectivity index (χ4n) is 1.47. The number of nitrogens with one attached hydrogen (secondary N) is 1. The molecule has 0 bridgehead atoms. The molecule has 5 nitrogen and oxygen atoms in total. The first-order valence-corrected chi connectivity index (χ1v) is 5.95. The Morgan fingerprint density at radius 3 is 3.00 bits per heavy atom. The molecule has 1 unspecified atom stereocenters. The Morgan fingerprint density at radius 2 is 2.41 bits per heavy atom. The highest BCUT2D eigenvalue weighted by molar-refractivity contribution is 9.10. The van der Waals surface area contributed by atoms with Crippen molar-refractivity contribution in [3.63, 3.8) is 0 Å². The number of aliphatic hydroxyl groups is 1. The monoisotopic (exact) mass is 301 g/mol. The number of ether oxygens (including phenoxy) is 2. The van der Waals surface area contributed by atoms with Crippen molar-refractivity contribution in [1.29, 1.82) is 0 Å². The summed E-state index contributed by atoms with van der Waals surface area (Å²) in [6, 6.07) is 5.33. The highest BCUT2D eigenvalue weighted by Gasteiger charge is 2.23. The van der Waals surface area contributed by atoms with E-state index < -0.39 is 6.09 Å². The summed E-state index contributed by atoms with van der Waals surface area (Å²) in [5, 5.41) is 11.5. The lowest BCUT2D eigenvalue weighted by Crippen LogP contribution is -2.22. The summed E-state index contributed by atoms with van der Waals surface area (Å²) in [5.41, 5.74) is 0.804. The van der Waals surface area contributed by atoms with Crippen molar-refractivity contribution in [2.24, 2.45) is 0 Å². The van der Waals surface area contributed by atoms with Crippen LogP contribution in [0.25, 0.3) is 0 Å². The molecule has 92 valence electrons. The van der Waals surface area contributed by atoms with Crippen LogP contribution in [0.2, 0.25) is 0 Å². The van der Waals surface area contributed by atoms with Crippen LogP contribution in [0, 0.1) is 0 Å². The number of aliphatic hydroxyl groups excluding tert-OH is 1. The minimum absolute atomic E-state index is 0.0109. The maximum Gasteiger partial charge on any atom is 0.407 e. The van der Waals surface area contributed by atoms with E-state index in [4.69, 9.17) is 14.6 Å². The van der Waals surface area contributed by atoms with Crippen molar-refractivity contribution in [1.82, 2.24) is 5.32 Å². The Labute approximate surface area is 107 Å². The Morgan fingerprint density at radius 1 is 1.59 bits per heavy atom. The zero-order valence-corrected chi connectivity index (χ0v) is 10.6. The van der Waals surface area contributed by atoms with Gasteiger partial charge >= 0.3 is 6.09 Å². The molecule has 1 saturated heterocycles. The van der Waals surface area contributed by atoms with Crippen LogP contribution in [-0.2, 0) is 11.3 Å². The fourth-order valence-corrected chi connectivity index (χ4v) is 2.01. The SMILES string of the molecule is O=C1NCC(COc2ccc(CO)cc2Br)O1. The molecule has 0 radical (unpaired) electrons. The predicted octanol–water partition coefficient (Wildman–Crippen LogP) is 1.43. The number of benzene rings is 1. The molecule has 17 heavy (non-hydrogen) atoms. The van der Waals surface area contributed by atoms with E-state index in [0.717, 1.165) is 10.0 Å². The standard InChI is InChI=1S/C11H12BrNO4/c12-9-3-7(5-14)1-2-10(9)16-6-8-4-13-11(15)17-8/h1-3,8,14H,4-6H2,(H,13,15). The number of alkyl carbamates (subject to hydrolysis) is 1. The van der Waals surface area contributed by atoms with Crippen LogP contribution in [0.4, 0.5) is 4.79 Å². The number of carbonyl (C=O) groups is 1. The predicted molar refractivity (Wildman–Crippen MR) is 63.8 cm³/mol. The second-order valence-electron chi connectivity index (χ2n) is 3.64. The van der Waals surface area contributed by atoms with Crippen LogP contribution < -0.4 is 10.1 Å². The van der Waals surface area contributed by atoms with Crippen LogP contribution in [0.1, 0.15) is 5.56 Å². The largest absolute Gasteiger partial charge is 0.488 e. The van der Waals surface area contributed by atoms with Gasteiger partial charge in [0.15, 0.2) is 6.10 Å². The molecule has 1 amide bonds. The highest BCUT2D eigenvalue weighted by Crippen LogP contribution is 2.26. The zero-order chi connectivity index (χ0) is 12.3. The van der Waals surface area contributed by atoms with Gasteiger partial charge in [-0.15, -0.1) is 0 Å². The van der Waals surface area contributed by atoms with Gasteiger partial charge in [0.05, 0.1) is 17.6 Å². The normalized spacial score (nSPS) is 18.7. The average Bonchev–Trinajstić information content (AvgIpc) is 2.73. The van der Waals surface area contributed by atoms with Gasteiger partial charge in [-0.25, -0.2) is 4.79 Å². The third-order valence-corrected chi connectivity index (χ3v) is 2.97. The van der Waals surface area contributed by atoms with Crippen molar-refractivity contribution in [2.75, 3.05) is 13.2 Å². The van der Waals surface area contributed by atoms with Crippen molar-refractivity contribution in [3.8, 4) is 5.75 Å². The molecule has 1 heterocycles. The number of hydrogen-bond acceptors (Lipinski definition) is 4. The first kappa shape index (κ1) is 12.2. The van der Waals surface area contributed by atoms with Crippen molar-refractivity contribution >= 4 is 22.0 Å².